The molecule has 1 N–H and O–H groups in total. The van der Waals surface area contributed by atoms with Gasteiger partial charge in [-0.1, -0.05) is 27.2 Å². The zero-order valence-electron chi connectivity index (χ0n) is 13.7. The molecule has 0 saturated carbocycles. The van der Waals surface area contributed by atoms with Gasteiger partial charge in [-0.2, -0.15) is 0 Å². The summed E-state index contributed by atoms with van der Waals surface area (Å²) in [5.41, 5.74) is 2.61. The van der Waals surface area contributed by atoms with Crippen LogP contribution in [0, 0.1) is 0 Å². The van der Waals surface area contributed by atoms with Crippen LogP contribution in [0.25, 0.3) is 11.0 Å². The summed E-state index contributed by atoms with van der Waals surface area (Å²) < 4.78 is 2.51. The zero-order chi connectivity index (χ0) is 18.0. The molecule has 0 aliphatic carbocycles. The number of nitrogens with one attached hydrogen (secondary N) is 1. The van der Waals surface area contributed by atoms with Crippen LogP contribution < -0.4 is 5.32 Å². The maximum Gasteiger partial charge on any atom is 0.254 e. The largest absolute Gasteiger partial charge is 0.332 e. The number of rotatable bonds is 4. The molecule has 0 bridgehead atoms. The average molecular weight is 402 g/mol. The Labute approximate surface area is 152 Å². The van der Waals surface area contributed by atoms with Crippen LogP contribution in [0.15, 0.2) is 46.9 Å². The lowest BCUT2D eigenvalue weighted by Gasteiger charge is -2.17. The summed E-state index contributed by atoms with van der Waals surface area (Å²) in [6, 6.07) is 12.4. The van der Waals surface area contributed by atoms with Gasteiger partial charge in [0, 0.05) is 29.8 Å². The quantitative estimate of drug-likeness (QED) is 0.727. The predicted molar refractivity (Wildman–Crippen MR) is 98.2 cm³/mol. The third kappa shape index (κ3) is 3.85. The molecule has 0 saturated heterocycles. The molecule has 2 aromatic carbocycles. The minimum atomic E-state index is -0.269. The van der Waals surface area contributed by atoms with E-state index in [0.29, 0.717) is 16.8 Å². The molecule has 2 amide bonds. The number of halogens is 1. The van der Waals surface area contributed by atoms with Crippen molar-refractivity contribution in [1.82, 2.24) is 19.9 Å². The van der Waals surface area contributed by atoms with Crippen molar-refractivity contribution in [2.75, 3.05) is 18.9 Å². The van der Waals surface area contributed by atoms with Gasteiger partial charge in [0.1, 0.15) is 5.52 Å². The van der Waals surface area contributed by atoms with Crippen LogP contribution in [0.2, 0.25) is 0 Å². The number of likely N-dealkylation sites (N-methyl/N-ethyl adjacent to an activating group) is 1. The van der Waals surface area contributed by atoms with Crippen molar-refractivity contribution >= 4 is 44.5 Å². The van der Waals surface area contributed by atoms with Crippen LogP contribution in [0.1, 0.15) is 10.4 Å². The zero-order valence-corrected chi connectivity index (χ0v) is 15.3. The Morgan fingerprint density at radius 2 is 2.04 bits per heavy atom. The van der Waals surface area contributed by atoms with E-state index < -0.39 is 0 Å². The molecule has 0 spiro atoms. The monoisotopic (exact) mass is 401 g/mol. The van der Waals surface area contributed by atoms with E-state index in [9.17, 15) is 9.59 Å². The van der Waals surface area contributed by atoms with Crippen LogP contribution in [0.4, 0.5) is 5.69 Å². The Hall–Kier alpha value is -2.74. The van der Waals surface area contributed by atoms with E-state index in [1.807, 2.05) is 12.1 Å². The van der Waals surface area contributed by atoms with Crippen molar-refractivity contribution < 1.29 is 9.59 Å². The first kappa shape index (κ1) is 17.1. The number of carbonyl (C=O) groups excluding carboxylic acids is 2. The van der Waals surface area contributed by atoms with E-state index in [1.54, 1.807) is 49.1 Å². The third-order valence-corrected chi connectivity index (χ3v) is 4.19. The first-order valence-electron chi connectivity index (χ1n) is 7.54. The Morgan fingerprint density at radius 1 is 1.24 bits per heavy atom. The van der Waals surface area contributed by atoms with Gasteiger partial charge in [-0.3, -0.25) is 9.59 Å². The molecule has 0 fully saturated rings. The molecule has 3 aromatic rings. The molecule has 1 aromatic heterocycles. The van der Waals surface area contributed by atoms with Crippen LogP contribution in [-0.2, 0) is 11.8 Å². The average Bonchev–Trinajstić information content (AvgIpc) is 2.94. The van der Waals surface area contributed by atoms with Gasteiger partial charge in [0.2, 0.25) is 5.91 Å². The highest BCUT2D eigenvalue weighted by atomic mass is 79.9. The Balaban J connectivity index is 1.67. The summed E-state index contributed by atoms with van der Waals surface area (Å²) >= 11 is 3.35. The van der Waals surface area contributed by atoms with Crippen molar-refractivity contribution in [1.29, 1.82) is 0 Å². The number of amides is 2. The fourth-order valence-corrected chi connectivity index (χ4v) is 2.85. The van der Waals surface area contributed by atoms with Gasteiger partial charge in [-0.25, -0.2) is 4.68 Å². The van der Waals surface area contributed by atoms with Crippen molar-refractivity contribution in [2.24, 2.45) is 7.05 Å². The highest BCUT2D eigenvalue weighted by molar-refractivity contribution is 9.10. The molecule has 1 heterocycles. The maximum absolute atomic E-state index is 12.5. The van der Waals surface area contributed by atoms with E-state index >= 15 is 0 Å². The number of aryl methyl sites for hydroxylation is 1. The van der Waals surface area contributed by atoms with Gasteiger partial charge in [-0.15, -0.1) is 5.10 Å². The van der Waals surface area contributed by atoms with Crippen molar-refractivity contribution in [3.05, 3.63) is 52.5 Å². The molecule has 0 aliphatic heterocycles. The summed E-state index contributed by atoms with van der Waals surface area (Å²) in [6.45, 7) is -0.0517. The molecule has 8 heteroatoms. The highest BCUT2D eigenvalue weighted by Gasteiger charge is 2.16. The van der Waals surface area contributed by atoms with E-state index in [-0.39, 0.29) is 18.4 Å². The highest BCUT2D eigenvalue weighted by Crippen LogP contribution is 2.16. The lowest BCUT2D eigenvalue weighted by atomic mass is 10.1. The van der Waals surface area contributed by atoms with Crippen LogP contribution >= 0.6 is 15.9 Å². The molecular formula is C17H16BrN5O2. The summed E-state index contributed by atoms with van der Waals surface area (Å²) in [5.74, 6) is -0.522. The van der Waals surface area contributed by atoms with Crippen LogP contribution in [-0.4, -0.2) is 45.3 Å². The van der Waals surface area contributed by atoms with Crippen LogP contribution in [0.3, 0.4) is 0 Å². The summed E-state index contributed by atoms with van der Waals surface area (Å²) in [4.78, 5) is 26.0. The van der Waals surface area contributed by atoms with E-state index in [4.69, 9.17) is 0 Å². The number of hydrogen-bond donors (Lipinski definition) is 1. The van der Waals surface area contributed by atoms with E-state index in [2.05, 4.69) is 31.6 Å². The van der Waals surface area contributed by atoms with Crippen molar-refractivity contribution in [3.63, 3.8) is 0 Å². The second kappa shape index (κ2) is 7.02. The number of fused-ring (bicyclic) bond motifs is 1. The Kier molecular flexibility index (Phi) is 4.80. The lowest BCUT2D eigenvalue weighted by Crippen LogP contribution is -2.34. The van der Waals surface area contributed by atoms with Crippen molar-refractivity contribution in [3.8, 4) is 0 Å². The number of anilines is 1. The molecule has 0 radical (unpaired) electrons. The van der Waals surface area contributed by atoms with E-state index in [1.165, 1.54) is 4.90 Å². The summed E-state index contributed by atoms with van der Waals surface area (Å²) in [7, 11) is 3.37. The van der Waals surface area contributed by atoms with Gasteiger partial charge in [0.05, 0.1) is 12.1 Å². The Bertz CT molecular complexity index is 953. The standard InChI is InChI=1S/C17H16BrN5O2/c1-22(10-16(24)19-13-5-3-4-12(18)9-13)17(25)11-6-7-15-14(8-11)20-21-23(15)2/h3-9H,10H2,1-2H3,(H,19,24). The predicted octanol–water partition coefficient (Wildman–Crippen LogP) is 2.44. The molecular weight excluding hydrogens is 386 g/mol. The van der Waals surface area contributed by atoms with Crippen molar-refractivity contribution in [2.45, 2.75) is 0 Å². The number of hydrogen-bond acceptors (Lipinski definition) is 4. The number of nitrogens with zero attached hydrogens (tertiary/aromatic N) is 4. The smallest absolute Gasteiger partial charge is 0.254 e. The minimum absolute atomic E-state index is 0.0517. The number of benzene rings is 2. The molecule has 25 heavy (non-hydrogen) atoms. The van der Waals surface area contributed by atoms with Gasteiger partial charge >= 0.3 is 0 Å². The second-order valence-corrected chi connectivity index (χ2v) is 6.55. The van der Waals surface area contributed by atoms with Gasteiger partial charge < -0.3 is 10.2 Å². The summed E-state index contributed by atoms with van der Waals surface area (Å²) in [6.07, 6.45) is 0. The first-order chi connectivity index (χ1) is 11.9. The lowest BCUT2D eigenvalue weighted by molar-refractivity contribution is -0.116. The topological polar surface area (TPSA) is 80.1 Å². The molecule has 3 rings (SSSR count). The second-order valence-electron chi connectivity index (χ2n) is 5.64. The molecule has 7 nitrogen and oxygen atoms in total. The molecule has 0 unspecified atom stereocenters. The van der Waals surface area contributed by atoms with Crippen LogP contribution in [0.5, 0.6) is 0 Å². The molecule has 0 aliphatic rings. The van der Waals surface area contributed by atoms with E-state index in [0.717, 1.165) is 9.99 Å². The molecule has 0 atom stereocenters. The fraction of sp³-hybridized carbons (Fsp3) is 0.176. The summed E-state index contributed by atoms with van der Waals surface area (Å²) in [5, 5.41) is 10.7. The van der Waals surface area contributed by atoms with Gasteiger partial charge in [0.15, 0.2) is 0 Å². The Morgan fingerprint density at radius 3 is 2.80 bits per heavy atom. The normalized spacial score (nSPS) is 10.7. The maximum atomic E-state index is 12.5. The third-order valence-electron chi connectivity index (χ3n) is 3.69. The SMILES string of the molecule is CN(CC(=O)Nc1cccc(Br)c1)C(=O)c1ccc2c(c1)nnn2C. The number of aromatic nitrogens is 3. The molecule has 128 valence electrons. The fourth-order valence-electron chi connectivity index (χ4n) is 2.45. The first-order valence-corrected chi connectivity index (χ1v) is 8.33. The number of carbonyl (C=O) groups is 2. The van der Waals surface area contributed by atoms with Gasteiger partial charge in [-0.05, 0) is 36.4 Å². The minimum Gasteiger partial charge on any atom is -0.332 e. The van der Waals surface area contributed by atoms with Gasteiger partial charge in [0.25, 0.3) is 5.91 Å².